The summed E-state index contributed by atoms with van der Waals surface area (Å²) in [4.78, 5) is 9.88. The minimum Gasteiger partial charge on any atom is -0.427 e. The second-order valence-corrected chi connectivity index (χ2v) is 2.97. The Labute approximate surface area is 80.4 Å². The summed E-state index contributed by atoms with van der Waals surface area (Å²) in [5.74, 6) is 0. The van der Waals surface area contributed by atoms with Gasteiger partial charge in [-0.1, -0.05) is 33.1 Å². The van der Waals surface area contributed by atoms with Gasteiger partial charge in [-0.15, -0.1) is 0 Å². The molecule has 77 valence electrons. The molecule has 0 aliphatic carbocycles. The number of rotatable bonds is 9. The van der Waals surface area contributed by atoms with Crippen molar-refractivity contribution in [2.45, 2.75) is 52.2 Å². The highest BCUT2D eigenvalue weighted by molar-refractivity contribution is 5.38. The normalized spacial score (nSPS) is 12.5. The van der Waals surface area contributed by atoms with Crippen molar-refractivity contribution < 1.29 is 14.3 Å². The lowest BCUT2D eigenvalue weighted by Gasteiger charge is -2.12. The van der Waals surface area contributed by atoms with Gasteiger partial charge in [0.15, 0.2) is 0 Å². The lowest BCUT2D eigenvalue weighted by atomic mass is 10.2. The van der Waals surface area contributed by atoms with Crippen molar-refractivity contribution >= 4 is 6.47 Å². The smallest absolute Gasteiger partial charge is 0.419 e. The van der Waals surface area contributed by atoms with E-state index < -0.39 is 6.29 Å². The molecule has 1 unspecified atom stereocenters. The van der Waals surface area contributed by atoms with E-state index in [0.717, 1.165) is 6.42 Å². The highest BCUT2D eigenvalue weighted by Crippen LogP contribution is 2.03. The first kappa shape index (κ1) is 12.4. The van der Waals surface area contributed by atoms with Crippen LogP contribution in [0.4, 0.5) is 0 Å². The summed E-state index contributed by atoms with van der Waals surface area (Å²) < 4.78 is 9.86. The van der Waals surface area contributed by atoms with E-state index in [1.54, 1.807) is 0 Å². The molecule has 0 saturated carbocycles. The first-order chi connectivity index (χ1) is 6.35. The zero-order chi connectivity index (χ0) is 9.94. The SMILES string of the molecule is CCCCCCOC(CC)O[C]=O. The van der Waals surface area contributed by atoms with E-state index >= 15 is 0 Å². The molecule has 0 aromatic rings. The van der Waals surface area contributed by atoms with E-state index in [0.29, 0.717) is 13.0 Å². The largest absolute Gasteiger partial charge is 0.427 e. The maximum atomic E-state index is 9.88. The van der Waals surface area contributed by atoms with Gasteiger partial charge in [-0.3, -0.25) is 0 Å². The van der Waals surface area contributed by atoms with Gasteiger partial charge >= 0.3 is 6.47 Å². The molecule has 0 saturated heterocycles. The minimum atomic E-state index is -0.404. The third-order valence-corrected chi connectivity index (χ3v) is 1.81. The molecule has 3 heteroatoms. The number of unbranched alkanes of at least 4 members (excludes halogenated alkanes) is 3. The van der Waals surface area contributed by atoms with Gasteiger partial charge in [-0.25, -0.2) is 4.79 Å². The van der Waals surface area contributed by atoms with E-state index in [1.165, 1.54) is 25.7 Å². The van der Waals surface area contributed by atoms with Gasteiger partial charge in [0, 0.05) is 6.42 Å². The molecule has 0 aromatic heterocycles. The molecule has 0 aromatic carbocycles. The average molecular weight is 187 g/mol. The van der Waals surface area contributed by atoms with Gasteiger partial charge in [-0.05, 0) is 6.42 Å². The van der Waals surface area contributed by atoms with Crippen LogP contribution in [0.1, 0.15) is 46.0 Å². The number of ether oxygens (including phenoxy) is 2. The molecule has 0 heterocycles. The third kappa shape index (κ3) is 7.78. The topological polar surface area (TPSA) is 35.5 Å². The van der Waals surface area contributed by atoms with E-state index in [4.69, 9.17) is 4.74 Å². The first-order valence-electron chi connectivity index (χ1n) is 4.99. The molecule has 3 nitrogen and oxygen atoms in total. The van der Waals surface area contributed by atoms with Crippen LogP contribution in [0.15, 0.2) is 0 Å². The van der Waals surface area contributed by atoms with E-state index in [1.807, 2.05) is 6.92 Å². The van der Waals surface area contributed by atoms with Gasteiger partial charge in [0.1, 0.15) is 0 Å². The van der Waals surface area contributed by atoms with Crippen LogP contribution in [0.2, 0.25) is 0 Å². The van der Waals surface area contributed by atoms with Crippen molar-refractivity contribution in [3.8, 4) is 0 Å². The molecule has 0 bridgehead atoms. The van der Waals surface area contributed by atoms with Crippen molar-refractivity contribution in [2.75, 3.05) is 6.61 Å². The zero-order valence-electron chi connectivity index (χ0n) is 8.54. The monoisotopic (exact) mass is 187 g/mol. The number of hydrogen-bond donors (Lipinski definition) is 0. The molecule has 13 heavy (non-hydrogen) atoms. The van der Waals surface area contributed by atoms with Gasteiger partial charge in [0.2, 0.25) is 6.29 Å². The Morgan fingerprint density at radius 2 is 2.00 bits per heavy atom. The van der Waals surface area contributed by atoms with Crippen LogP contribution in [-0.4, -0.2) is 19.4 Å². The summed E-state index contributed by atoms with van der Waals surface area (Å²) in [7, 11) is 0. The highest BCUT2D eigenvalue weighted by atomic mass is 16.7. The Bertz CT molecular complexity index is 115. The summed E-state index contributed by atoms with van der Waals surface area (Å²) in [5, 5.41) is 0. The average Bonchev–Trinajstić information content (AvgIpc) is 2.16. The zero-order valence-corrected chi connectivity index (χ0v) is 8.54. The summed E-state index contributed by atoms with van der Waals surface area (Å²) in [6, 6.07) is 0. The molecular formula is C10H19O3. The fourth-order valence-corrected chi connectivity index (χ4v) is 1.03. The van der Waals surface area contributed by atoms with Crippen molar-refractivity contribution in [3.05, 3.63) is 0 Å². The maximum absolute atomic E-state index is 9.88. The number of carbonyl (C=O) groups excluding carboxylic acids is 1. The van der Waals surface area contributed by atoms with Crippen molar-refractivity contribution in [1.29, 1.82) is 0 Å². The molecule has 1 atom stereocenters. The molecule has 0 rings (SSSR count). The van der Waals surface area contributed by atoms with Crippen LogP contribution in [0.3, 0.4) is 0 Å². The summed E-state index contributed by atoms with van der Waals surface area (Å²) in [5.41, 5.74) is 0. The van der Waals surface area contributed by atoms with E-state index in [-0.39, 0.29) is 0 Å². The molecule has 0 spiro atoms. The Morgan fingerprint density at radius 1 is 1.23 bits per heavy atom. The molecule has 0 aliphatic heterocycles. The van der Waals surface area contributed by atoms with Gasteiger partial charge in [-0.2, -0.15) is 0 Å². The summed E-state index contributed by atoms with van der Waals surface area (Å²) in [6.07, 6.45) is 4.95. The summed E-state index contributed by atoms with van der Waals surface area (Å²) >= 11 is 0. The van der Waals surface area contributed by atoms with Crippen molar-refractivity contribution in [3.63, 3.8) is 0 Å². The van der Waals surface area contributed by atoms with Crippen LogP contribution in [0.25, 0.3) is 0 Å². The molecule has 1 radical (unpaired) electrons. The third-order valence-electron chi connectivity index (χ3n) is 1.81. The predicted molar refractivity (Wildman–Crippen MR) is 51.0 cm³/mol. The van der Waals surface area contributed by atoms with Gasteiger partial charge in [0.05, 0.1) is 6.61 Å². The van der Waals surface area contributed by atoms with Crippen molar-refractivity contribution in [2.24, 2.45) is 0 Å². The Hall–Kier alpha value is -0.570. The van der Waals surface area contributed by atoms with E-state index in [9.17, 15) is 4.79 Å². The van der Waals surface area contributed by atoms with Crippen molar-refractivity contribution in [1.82, 2.24) is 0 Å². The second-order valence-electron chi connectivity index (χ2n) is 2.97. The lowest BCUT2D eigenvalue weighted by Crippen LogP contribution is -2.15. The van der Waals surface area contributed by atoms with E-state index in [2.05, 4.69) is 11.7 Å². The first-order valence-corrected chi connectivity index (χ1v) is 4.99. The van der Waals surface area contributed by atoms with Gasteiger partial charge in [0.25, 0.3) is 0 Å². The van der Waals surface area contributed by atoms with Crippen LogP contribution in [0.5, 0.6) is 0 Å². The predicted octanol–water partition coefficient (Wildman–Crippen LogP) is 2.40. The van der Waals surface area contributed by atoms with Crippen LogP contribution in [0, 0.1) is 0 Å². The standard InChI is InChI=1S/C10H19O3/c1-3-5-6-7-8-12-10(4-2)13-9-11/h10H,3-8H2,1-2H3. The fraction of sp³-hybridized carbons (Fsp3) is 0.900. The molecule has 0 fully saturated rings. The Morgan fingerprint density at radius 3 is 2.54 bits per heavy atom. The summed E-state index contributed by atoms with van der Waals surface area (Å²) in [6.45, 7) is 6.14. The van der Waals surface area contributed by atoms with Crippen LogP contribution >= 0.6 is 0 Å². The van der Waals surface area contributed by atoms with Crippen LogP contribution in [-0.2, 0) is 14.3 Å². The lowest BCUT2D eigenvalue weighted by molar-refractivity contribution is -0.0914. The second kappa shape index (κ2) is 9.52. The molecule has 0 amide bonds. The highest BCUT2D eigenvalue weighted by Gasteiger charge is 2.05. The maximum Gasteiger partial charge on any atom is 0.419 e. The molecular weight excluding hydrogens is 168 g/mol. The fourth-order valence-electron chi connectivity index (χ4n) is 1.03. The van der Waals surface area contributed by atoms with Crippen LogP contribution < -0.4 is 0 Å². The number of hydrogen-bond acceptors (Lipinski definition) is 3. The minimum absolute atomic E-state index is 0.404. The molecule has 0 N–H and O–H groups in total. The molecule has 0 aliphatic rings. The Balaban J connectivity index is 3.22. The van der Waals surface area contributed by atoms with Gasteiger partial charge < -0.3 is 9.47 Å². The quantitative estimate of drug-likeness (QED) is 0.410. The Kier molecular flexibility index (Phi) is 9.10.